The number of rotatable bonds is 7. The first-order valence-electron chi connectivity index (χ1n) is 9.09. The monoisotopic (exact) mass is 458 g/mol. The topological polar surface area (TPSA) is 69.5 Å². The molecule has 0 unspecified atom stereocenters. The molecular weight excluding hydrogens is 436 g/mol. The van der Waals surface area contributed by atoms with E-state index in [-0.39, 0.29) is 5.91 Å². The van der Waals surface area contributed by atoms with Crippen molar-refractivity contribution in [2.24, 2.45) is 0 Å². The van der Waals surface area contributed by atoms with E-state index in [1.165, 1.54) is 0 Å². The Morgan fingerprint density at radius 3 is 2.59 bits per heavy atom. The van der Waals surface area contributed by atoms with Crippen molar-refractivity contribution in [2.75, 3.05) is 27.8 Å². The molecule has 7 nitrogen and oxygen atoms in total. The third kappa shape index (κ3) is 4.59. The van der Waals surface area contributed by atoms with Crippen molar-refractivity contribution in [2.45, 2.75) is 13.3 Å². The van der Waals surface area contributed by atoms with Crippen molar-refractivity contribution >= 4 is 21.8 Å². The Labute approximate surface area is 178 Å². The van der Waals surface area contributed by atoms with Gasteiger partial charge in [0.1, 0.15) is 0 Å². The molecule has 3 rings (SSSR count). The van der Waals surface area contributed by atoms with E-state index >= 15 is 0 Å². The van der Waals surface area contributed by atoms with Gasteiger partial charge in [0.2, 0.25) is 0 Å². The fourth-order valence-electron chi connectivity index (χ4n) is 3.00. The maximum absolute atomic E-state index is 12.9. The zero-order valence-corrected chi connectivity index (χ0v) is 18.4. The van der Waals surface area contributed by atoms with E-state index in [1.54, 1.807) is 30.8 Å². The maximum atomic E-state index is 12.9. The molecule has 0 N–H and O–H groups in total. The minimum Gasteiger partial charge on any atom is -0.493 e. The lowest BCUT2D eigenvalue weighted by molar-refractivity contribution is 0.0790. The lowest BCUT2D eigenvalue weighted by Crippen LogP contribution is -2.29. The molecule has 0 spiro atoms. The Morgan fingerprint density at radius 2 is 1.90 bits per heavy atom. The van der Waals surface area contributed by atoms with Gasteiger partial charge in [0.05, 0.1) is 25.6 Å². The molecule has 29 heavy (non-hydrogen) atoms. The predicted octanol–water partition coefficient (Wildman–Crippen LogP) is 3.67. The van der Waals surface area contributed by atoms with E-state index in [2.05, 4.69) is 26.2 Å². The summed E-state index contributed by atoms with van der Waals surface area (Å²) in [7, 11) is 4.98. The molecule has 1 amide bonds. The molecule has 8 heteroatoms. The molecule has 0 atom stereocenters. The first-order chi connectivity index (χ1) is 13.9. The number of halogens is 1. The summed E-state index contributed by atoms with van der Waals surface area (Å²) >= 11 is 3.45. The second-order valence-electron chi connectivity index (χ2n) is 6.58. The Hall–Kier alpha value is -2.87. The number of ether oxygens (including phenoxy) is 2. The first kappa shape index (κ1) is 20.9. The first-order valence-corrected chi connectivity index (χ1v) is 9.88. The molecule has 0 aliphatic carbocycles. The smallest absolute Gasteiger partial charge is 0.276 e. The second-order valence-corrected chi connectivity index (χ2v) is 7.50. The van der Waals surface area contributed by atoms with Crippen molar-refractivity contribution in [3.63, 3.8) is 0 Å². The van der Waals surface area contributed by atoms with Crippen LogP contribution in [0.2, 0.25) is 0 Å². The van der Waals surface area contributed by atoms with Crippen LogP contribution in [-0.2, 0) is 6.42 Å². The van der Waals surface area contributed by atoms with Gasteiger partial charge in [0.15, 0.2) is 17.2 Å². The Kier molecular flexibility index (Phi) is 6.53. The summed E-state index contributed by atoms with van der Waals surface area (Å²) < 4.78 is 13.2. The van der Waals surface area contributed by atoms with Crippen molar-refractivity contribution in [1.82, 2.24) is 19.9 Å². The third-order valence-corrected chi connectivity index (χ3v) is 5.17. The number of methoxy groups -OCH3 is 2. The molecule has 1 heterocycles. The minimum atomic E-state index is -0.163. The minimum absolute atomic E-state index is 0.163. The van der Waals surface area contributed by atoms with Gasteiger partial charge in [-0.15, -0.1) is 5.10 Å². The quantitative estimate of drug-likeness (QED) is 0.540. The third-order valence-electron chi connectivity index (χ3n) is 4.68. The molecular formula is C21H23BrN4O3. The predicted molar refractivity (Wildman–Crippen MR) is 114 cm³/mol. The molecule has 0 aliphatic heterocycles. The SMILES string of the molecule is COc1ccc(CCN(C)C(=O)c2nnn(-c3cccc(Br)c3)c2C)cc1OC. The molecule has 0 aliphatic rings. The van der Waals surface area contributed by atoms with Gasteiger partial charge in [-0.1, -0.05) is 33.3 Å². The number of carbonyl (C=O) groups is 1. The van der Waals surface area contributed by atoms with Crippen molar-refractivity contribution in [1.29, 1.82) is 0 Å². The van der Waals surface area contributed by atoms with Crippen molar-refractivity contribution in [3.8, 4) is 17.2 Å². The van der Waals surface area contributed by atoms with Gasteiger partial charge in [-0.2, -0.15) is 0 Å². The fourth-order valence-corrected chi connectivity index (χ4v) is 3.38. The van der Waals surface area contributed by atoms with Crippen LogP contribution in [0.4, 0.5) is 0 Å². The van der Waals surface area contributed by atoms with Crippen LogP contribution in [0, 0.1) is 6.92 Å². The summed E-state index contributed by atoms with van der Waals surface area (Å²) in [6.07, 6.45) is 0.682. The summed E-state index contributed by atoms with van der Waals surface area (Å²) in [5, 5.41) is 8.28. The van der Waals surface area contributed by atoms with Crippen molar-refractivity contribution in [3.05, 3.63) is 63.9 Å². The zero-order valence-electron chi connectivity index (χ0n) is 16.8. The molecule has 3 aromatic rings. The van der Waals surface area contributed by atoms with E-state index in [1.807, 2.05) is 49.4 Å². The normalized spacial score (nSPS) is 10.7. The number of hydrogen-bond donors (Lipinski definition) is 0. The van der Waals surface area contributed by atoms with Gasteiger partial charge in [-0.3, -0.25) is 4.79 Å². The van der Waals surface area contributed by atoms with E-state index in [0.717, 1.165) is 15.7 Å². The fraction of sp³-hybridized carbons (Fsp3) is 0.286. The van der Waals surface area contributed by atoms with Crippen LogP contribution < -0.4 is 9.47 Å². The number of nitrogens with zero attached hydrogens (tertiary/aromatic N) is 4. The Balaban J connectivity index is 1.71. The molecule has 0 bridgehead atoms. The number of hydrogen-bond acceptors (Lipinski definition) is 5. The van der Waals surface area contributed by atoms with E-state index in [9.17, 15) is 4.79 Å². The molecule has 1 aromatic heterocycles. The van der Waals surface area contributed by atoms with Crippen LogP contribution in [0.1, 0.15) is 21.7 Å². The lowest BCUT2D eigenvalue weighted by Gasteiger charge is -2.17. The number of likely N-dealkylation sites (N-methyl/N-ethyl adjacent to an activating group) is 1. The van der Waals surface area contributed by atoms with Crippen LogP contribution >= 0.6 is 15.9 Å². The standard InChI is InChI=1S/C21H23BrN4O3/c1-14-20(23-24-26(14)17-7-5-6-16(22)13-17)21(27)25(2)11-10-15-8-9-18(28-3)19(12-15)29-4/h5-9,12-13H,10-11H2,1-4H3. The maximum Gasteiger partial charge on any atom is 0.276 e. The Bertz CT molecular complexity index is 1020. The Morgan fingerprint density at radius 1 is 1.14 bits per heavy atom. The van der Waals surface area contributed by atoms with Gasteiger partial charge >= 0.3 is 0 Å². The van der Waals surface area contributed by atoms with Crippen LogP contribution in [0.3, 0.4) is 0 Å². The van der Waals surface area contributed by atoms with E-state index < -0.39 is 0 Å². The highest BCUT2D eigenvalue weighted by atomic mass is 79.9. The van der Waals surface area contributed by atoms with Crippen LogP contribution in [0.15, 0.2) is 46.9 Å². The number of aromatic nitrogens is 3. The van der Waals surface area contributed by atoms with E-state index in [4.69, 9.17) is 9.47 Å². The molecule has 0 radical (unpaired) electrons. The number of benzene rings is 2. The summed E-state index contributed by atoms with van der Waals surface area (Å²) in [4.78, 5) is 14.5. The molecule has 0 saturated heterocycles. The number of carbonyl (C=O) groups excluding carboxylic acids is 1. The zero-order chi connectivity index (χ0) is 21.0. The van der Waals surface area contributed by atoms with Gasteiger partial charge in [0.25, 0.3) is 5.91 Å². The van der Waals surface area contributed by atoms with Crippen LogP contribution in [0.5, 0.6) is 11.5 Å². The average molecular weight is 459 g/mol. The number of amides is 1. The highest BCUT2D eigenvalue weighted by Crippen LogP contribution is 2.27. The average Bonchev–Trinajstić information content (AvgIpc) is 3.12. The highest BCUT2D eigenvalue weighted by molar-refractivity contribution is 9.10. The molecule has 152 valence electrons. The summed E-state index contributed by atoms with van der Waals surface area (Å²) in [5.41, 5.74) is 2.94. The van der Waals surface area contributed by atoms with Gasteiger partial charge in [0, 0.05) is 18.1 Å². The summed E-state index contributed by atoms with van der Waals surface area (Å²) in [6, 6.07) is 13.4. The molecule has 0 fully saturated rings. The summed E-state index contributed by atoms with van der Waals surface area (Å²) in [6.45, 7) is 2.38. The summed E-state index contributed by atoms with van der Waals surface area (Å²) in [5.74, 6) is 1.19. The largest absolute Gasteiger partial charge is 0.493 e. The van der Waals surface area contributed by atoms with Gasteiger partial charge in [-0.25, -0.2) is 4.68 Å². The van der Waals surface area contributed by atoms with Crippen LogP contribution in [-0.4, -0.2) is 53.6 Å². The van der Waals surface area contributed by atoms with Gasteiger partial charge < -0.3 is 14.4 Å². The van der Waals surface area contributed by atoms with Crippen molar-refractivity contribution < 1.29 is 14.3 Å². The lowest BCUT2D eigenvalue weighted by atomic mass is 10.1. The molecule has 2 aromatic carbocycles. The van der Waals surface area contributed by atoms with E-state index in [0.29, 0.717) is 35.9 Å². The van der Waals surface area contributed by atoms with Gasteiger partial charge in [-0.05, 0) is 49.2 Å². The molecule has 0 saturated carbocycles. The second kappa shape index (κ2) is 9.09. The van der Waals surface area contributed by atoms with Crippen LogP contribution in [0.25, 0.3) is 5.69 Å². The highest BCUT2D eigenvalue weighted by Gasteiger charge is 2.21.